The number of unbranched alkanes of at least 4 members (excludes halogenated alkanes) is 3. The first kappa shape index (κ1) is 21.6. The van der Waals surface area contributed by atoms with Crippen LogP contribution >= 0.6 is 45.2 Å². The van der Waals surface area contributed by atoms with Crippen LogP contribution in [0.25, 0.3) is 0 Å². The summed E-state index contributed by atoms with van der Waals surface area (Å²) in [7, 11) is 0. The van der Waals surface area contributed by atoms with Crippen LogP contribution < -0.4 is 0 Å². The first-order chi connectivity index (χ1) is 9.74. The van der Waals surface area contributed by atoms with E-state index in [4.69, 9.17) is 11.6 Å². The smallest absolute Gasteiger partial charge is 0.162 e. The summed E-state index contributed by atoms with van der Waals surface area (Å²) in [5.41, 5.74) is -1.26. The zero-order valence-electron chi connectivity index (χ0n) is 13.6. The van der Waals surface area contributed by atoms with Crippen LogP contribution in [0.1, 0.15) is 65.7 Å². The van der Waals surface area contributed by atoms with Crippen LogP contribution in [0.3, 0.4) is 0 Å². The Balaban J connectivity index is 4.48. The van der Waals surface area contributed by atoms with E-state index in [0.717, 1.165) is 5.88 Å². The van der Waals surface area contributed by atoms with Crippen LogP contribution in [0.15, 0.2) is 0 Å². The lowest BCUT2D eigenvalue weighted by Gasteiger charge is -2.30. The van der Waals surface area contributed by atoms with E-state index in [1.165, 1.54) is 68.2 Å². The van der Waals surface area contributed by atoms with Crippen LogP contribution in [0.4, 0.5) is 0 Å². The Hall–Kier alpha value is 1.56. The summed E-state index contributed by atoms with van der Waals surface area (Å²) in [5, 5.41) is 0. The molecule has 0 bridgehead atoms. The van der Waals surface area contributed by atoms with Crippen molar-refractivity contribution in [1.82, 2.24) is 0 Å². The maximum absolute atomic E-state index is 5.99. The van der Waals surface area contributed by atoms with Gasteiger partial charge in [0.25, 0.3) is 0 Å². The summed E-state index contributed by atoms with van der Waals surface area (Å²) in [6.07, 6.45) is 9.32. The fraction of sp³-hybridized carbons (Fsp3) is 1.00. The molecular weight excluding hydrogens is 340 g/mol. The molecule has 0 rings (SSSR count). The lowest BCUT2D eigenvalue weighted by atomic mass is 10.4. The van der Waals surface area contributed by atoms with Gasteiger partial charge in [-0.05, 0) is 49.0 Å². The highest BCUT2D eigenvalue weighted by molar-refractivity contribution is 8.81. The van der Waals surface area contributed by atoms with E-state index < -0.39 is 5.52 Å². The van der Waals surface area contributed by atoms with Crippen molar-refractivity contribution >= 4 is 50.8 Å². The lowest BCUT2D eigenvalue weighted by Crippen LogP contribution is -2.25. The second kappa shape index (κ2) is 15.5. The third-order valence-electron chi connectivity index (χ3n) is 3.08. The molecule has 0 saturated heterocycles. The molecule has 0 N–H and O–H groups in total. The van der Waals surface area contributed by atoms with Crippen LogP contribution in [0.5, 0.6) is 0 Å². The van der Waals surface area contributed by atoms with Crippen molar-refractivity contribution in [2.45, 2.75) is 71.8 Å². The van der Waals surface area contributed by atoms with E-state index in [9.17, 15) is 0 Å². The van der Waals surface area contributed by atoms with Crippen LogP contribution in [-0.4, -0.2) is 28.7 Å². The Morgan fingerprint density at radius 2 is 1.10 bits per heavy atom. The summed E-state index contributed by atoms with van der Waals surface area (Å²) in [6, 6.07) is 1.40. The lowest BCUT2D eigenvalue weighted by molar-refractivity contribution is 0.896. The molecular formula is C15H33ClS3Si. The minimum Gasteiger partial charge on any atom is -0.162 e. The first-order valence-electron chi connectivity index (χ1n) is 8.22. The van der Waals surface area contributed by atoms with Crippen molar-refractivity contribution in [3.05, 3.63) is 0 Å². The summed E-state index contributed by atoms with van der Waals surface area (Å²) in [5.74, 6) is 4.93. The fourth-order valence-electron chi connectivity index (χ4n) is 1.74. The highest BCUT2D eigenvalue weighted by Crippen LogP contribution is 2.47. The van der Waals surface area contributed by atoms with E-state index in [2.05, 4.69) is 54.4 Å². The summed E-state index contributed by atoms with van der Waals surface area (Å²) in [6.45, 7) is 6.91. The topological polar surface area (TPSA) is 0 Å². The van der Waals surface area contributed by atoms with Crippen molar-refractivity contribution in [2.75, 3.05) is 23.1 Å². The predicted molar refractivity (Wildman–Crippen MR) is 108 cm³/mol. The molecule has 5 heteroatoms. The molecule has 0 aliphatic carbocycles. The Bertz CT molecular complexity index is 179. The number of rotatable bonds is 15. The van der Waals surface area contributed by atoms with Crippen LogP contribution in [0, 0.1) is 0 Å². The van der Waals surface area contributed by atoms with Gasteiger partial charge in [-0.3, -0.25) is 0 Å². The number of alkyl halides is 1. The van der Waals surface area contributed by atoms with E-state index in [1.807, 2.05) is 0 Å². The van der Waals surface area contributed by atoms with Gasteiger partial charge < -0.3 is 0 Å². The van der Waals surface area contributed by atoms with E-state index in [1.54, 1.807) is 0 Å². The molecule has 0 unspecified atom stereocenters. The van der Waals surface area contributed by atoms with Crippen LogP contribution in [0.2, 0.25) is 6.04 Å². The molecule has 0 aliphatic heterocycles. The quantitative estimate of drug-likeness (QED) is 0.170. The van der Waals surface area contributed by atoms with Gasteiger partial charge in [0.05, 0.1) is 0 Å². The van der Waals surface area contributed by atoms with Gasteiger partial charge in [0.2, 0.25) is 5.52 Å². The maximum atomic E-state index is 5.99. The zero-order valence-corrected chi connectivity index (χ0v) is 17.8. The molecule has 0 atom stereocenters. The standard InChI is InChI=1S/C15H33ClS3Si/c1-4-7-12-17-20(15-10-11-16,18-13-8-5-2)19-14-9-6-3/h4-15H2,1-3H3. The zero-order chi connectivity index (χ0) is 15.1. The average Bonchev–Trinajstić information content (AvgIpc) is 2.46. The monoisotopic (exact) mass is 372 g/mol. The fourth-order valence-corrected chi connectivity index (χ4v) is 19.8. The van der Waals surface area contributed by atoms with Gasteiger partial charge in [-0.25, -0.2) is 0 Å². The predicted octanol–water partition coefficient (Wildman–Crippen LogP) is 7.15. The van der Waals surface area contributed by atoms with Crippen molar-refractivity contribution in [3.8, 4) is 0 Å². The number of hydrogen-bond donors (Lipinski definition) is 0. The highest BCUT2D eigenvalue weighted by Gasteiger charge is 2.34. The molecule has 20 heavy (non-hydrogen) atoms. The van der Waals surface area contributed by atoms with Gasteiger partial charge in [0.15, 0.2) is 0 Å². The molecule has 0 aromatic heterocycles. The summed E-state index contributed by atoms with van der Waals surface area (Å²) < 4.78 is 0. The second-order valence-electron chi connectivity index (χ2n) is 5.08. The molecule has 0 saturated carbocycles. The average molecular weight is 373 g/mol. The molecule has 0 fully saturated rings. The minimum absolute atomic E-state index is 0.839. The molecule has 0 spiro atoms. The minimum atomic E-state index is -1.26. The van der Waals surface area contributed by atoms with E-state index in [0.29, 0.717) is 0 Å². The Kier molecular flexibility index (Phi) is 16.7. The summed E-state index contributed by atoms with van der Waals surface area (Å²) >= 11 is 13.0. The normalized spacial score (nSPS) is 12.0. The highest BCUT2D eigenvalue weighted by atomic mass is 35.5. The molecule has 122 valence electrons. The van der Waals surface area contributed by atoms with Gasteiger partial charge in [-0.15, -0.1) is 11.6 Å². The first-order valence-corrected chi connectivity index (χ1v) is 16.1. The van der Waals surface area contributed by atoms with Gasteiger partial charge in [0, 0.05) is 5.88 Å². The molecule has 0 aromatic rings. The number of halogens is 1. The van der Waals surface area contributed by atoms with Crippen LogP contribution in [-0.2, 0) is 0 Å². The number of hydrogen-bond acceptors (Lipinski definition) is 3. The van der Waals surface area contributed by atoms with Gasteiger partial charge in [-0.1, -0.05) is 40.0 Å². The Labute approximate surface area is 145 Å². The Morgan fingerprint density at radius 3 is 1.40 bits per heavy atom. The molecule has 0 nitrogen and oxygen atoms in total. The Morgan fingerprint density at radius 1 is 0.700 bits per heavy atom. The molecule has 0 aromatic carbocycles. The van der Waals surface area contributed by atoms with Crippen molar-refractivity contribution in [2.24, 2.45) is 0 Å². The summed E-state index contributed by atoms with van der Waals surface area (Å²) in [4.78, 5) is 0. The third kappa shape index (κ3) is 11.2. The van der Waals surface area contributed by atoms with Crippen molar-refractivity contribution in [1.29, 1.82) is 0 Å². The van der Waals surface area contributed by atoms with Gasteiger partial charge in [-0.2, -0.15) is 33.6 Å². The molecule has 0 amide bonds. The largest absolute Gasteiger partial charge is 0.237 e. The van der Waals surface area contributed by atoms with Crippen molar-refractivity contribution < 1.29 is 0 Å². The molecule has 0 aliphatic rings. The van der Waals surface area contributed by atoms with Gasteiger partial charge in [0.1, 0.15) is 0 Å². The van der Waals surface area contributed by atoms with E-state index in [-0.39, 0.29) is 0 Å². The SMILES string of the molecule is CCCCS[Si](CCCCl)(SCCCC)SCCCC. The van der Waals surface area contributed by atoms with E-state index >= 15 is 0 Å². The van der Waals surface area contributed by atoms with Crippen molar-refractivity contribution in [3.63, 3.8) is 0 Å². The molecule has 0 heterocycles. The second-order valence-corrected chi connectivity index (χ2v) is 20.6. The van der Waals surface area contributed by atoms with Gasteiger partial charge >= 0.3 is 0 Å². The maximum Gasteiger partial charge on any atom is 0.237 e. The third-order valence-corrected chi connectivity index (χ3v) is 21.1. The molecule has 0 radical (unpaired) electrons.